The fourth-order valence-corrected chi connectivity index (χ4v) is 2.75. The maximum atomic E-state index is 8.92. The van der Waals surface area contributed by atoms with E-state index >= 15 is 0 Å². The molecule has 108 valence electrons. The lowest BCUT2D eigenvalue weighted by Crippen LogP contribution is -2.31. The molecule has 4 heteroatoms. The van der Waals surface area contributed by atoms with Crippen molar-refractivity contribution in [2.24, 2.45) is 5.73 Å². The van der Waals surface area contributed by atoms with E-state index in [2.05, 4.69) is 18.4 Å². The number of aliphatic hydroxyl groups excluding tert-OH is 1. The molecule has 0 aliphatic carbocycles. The number of hydrogen-bond donors (Lipinski definition) is 2. The maximum Gasteiger partial charge on any atom is 0.140 e. The zero-order chi connectivity index (χ0) is 14.4. The van der Waals surface area contributed by atoms with Crippen molar-refractivity contribution in [3.8, 4) is 5.75 Å². The Morgan fingerprint density at radius 1 is 1.25 bits per heavy atom. The van der Waals surface area contributed by atoms with Crippen LogP contribution in [-0.4, -0.2) is 17.8 Å². The van der Waals surface area contributed by atoms with Crippen LogP contribution >= 0.6 is 11.3 Å². The third kappa shape index (κ3) is 3.82. The maximum absolute atomic E-state index is 8.92. The molecule has 2 aromatic rings. The zero-order valence-electron chi connectivity index (χ0n) is 11.7. The van der Waals surface area contributed by atoms with Crippen LogP contribution < -0.4 is 10.5 Å². The quantitative estimate of drug-likeness (QED) is 0.824. The molecule has 1 heterocycles. The Hall–Kier alpha value is -1.36. The molecule has 0 fully saturated rings. The van der Waals surface area contributed by atoms with Crippen molar-refractivity contribution in [2.45, 2.75) is 31.9 Å². The van der Waals surface area contributed by atoms with Gasteiger partial charge in [0.15, 0.2) is 0 Å². The van der Waals surface area contributed by atoms with Gasteiger partial charge in [-0.3, -0.25) is 0 Å². The minimum atomic E-state index is -0.116. The largest absolute Gasteiger partial charge is 0.484 e. The first kappa shape index (κ1) is 15.0. The highest BCUT2D eigenvalue weighted by atomic mass is 32.1. The predicted molar refractivity (Wildman–Crippen MR) is 83.2 cm³/mol. The van der Waals surface area contributed by atoms with Crippen LogP contribution in [0.5, 0.6) is 5.75 Å². The van der Waals surface area contributed by atoms with Gasteiger partial charge >= 0.3 is 0 Å². The van der Waals surface area contributed by atoms with Crippen molar-refractivity contribution < 1.29 is 9.84 Å². The van der Waals surface area contributed by atoms with E-state index in [-0.39, 0.29) is 18.8 Å². The highest BCUT2D eigenvalue weighted by Gasteiger charge is 2.20. The first-order valence-electron chi connectivity index (χ1n) is 6.88. The summed E-state index contributed by atoms with van der Waals surface area (Å²) in [6.45, 7) is 2.23. The molecule has 3 N–H and O–H groups in total. The van der Waals surface area contributed by atoms with Crippen molar-refractivity contribution in [1.29, 1.82) is 0 Å². The lowest BCUT2D eigenvalue weighted by Gasteiger charge is -2.23. The molecule has 0 spiro atoms. The number of nitrogens with two attached hydrogens (primary N) is 1. The number of thiophene rings is 1. The Balaban J connectivity index is 2.11. The third-order valence-corrected chi connectivity index (χ3v) is 4.02. The van der Waals surface area contributed by atoms with E-state index in [1.165, 1.54) is 0 Å². The smallest absolute Gasteiger partial charge is 0.140 e. The summed E-state index contributed by atoms with van der Waals surface area (Å²) in [6.07, 6.45) is 1.42. The Kier molecular flexibility index (Phi) is 5.59. The van der Waals surface area contributed by atoms with Crippen LogP contribution in [0, 0.1) is 0 Å². The van der Waals surface area contributed by atoms with Crippen LogP contribution in [0.25, 0.3) is 0 Å². The molecule has 2 atom stereocenters. The number of hydrogen-bond acceptors (Lipinski definition) is 4. The summed E-state index contributed by atoms with van der Waals surface area (Å²) in [5.41, 5.74) is 8.41. The number of benzene rings is 1. The minimum absolute atomic E-state index is 0.0262. The van der Waals surface area contributed by atoms with E-state index in [9.17, 15) is 0 Å². The van der Waals surface area contributed by atoms with E-state index in [1.807, 2.05) is 29.6 Å². The molecule has 1 aromatic carbocycles. The van der Waals surface area contributed by atoms with E-state index in [0.29, 0.717) is 6.42 Å². The van der Waals surface area contributed by atoms with Gasteiger partial charge in [0.2, 0.25) is 0 Å². The van der Waals surface area contributed by atoms with Crippen LogP contribution in [0.4, 0.5) is 0 Å². The lowest BCUT2D eigenvalue weighted by molar-refractivity contribution is 0.171. The Morgan fingerprint density at radius 3 is 2.55 bits per heavy atom. The predicted octanol–water partition coefficient (Wildman–Crippen LogP) is 3.14. The third-order valence-electron chi connectivity index (χ3n) is 3.32. The second kappa shape index (κ2) is 7.43. The van der Waals surface area contributed by atoms with Crippen LogP contribution in [0.1, 0.15) is 30.6 Å². The normalized spacial score (nSPS) is 13.9. The molecule has 0 saturated heterocycles. The highest BCUT2D eigenvalue weighted by Crippen LogP contribution is 2.27. The van der Waals surface area contributed by atoms with Crippen molar-refractivity contribution in [1.82, 2.24) is 0 Å². The van der Waals surface area contributed by atoms with E-state index < -0.39 is 0 Å². The Labute approximate surface area is 124 Å². The van der Waals surface area contributed by atoms with Crippen molar-refractivity contribution in [2.75, 3.05) is 6.61 Å². The van der Waals surface area contributed by atoms with Crippen LogP contribution in [0.15, 0.2) is 41.1 Å². The van der Waals surface area contributed by atoms with Gasteiger partial charge in [0.05, 0.1) is 0 Å². The summed E-state index contributed by atoms with van der Waals surface area (Å²) >= 11 is 1.65. The molecule has 0 radical (unpaired) electrons. The van der Waals surface area contributed by atoms with Crippen molar-refractivity contribution >= 4 is 11.3 Å². The van der Waals surface area contributed by atoms with Gasteiger partial charge in [-0.15, -0.1) is 0 Å². The Bertz CT molecular complexity index is 496. The molecule has 0 aliphatic rings. The number of ether oxygens (including phenoxy) is 1. The number of aliphatic hydroxyl groups is 1. The van der Waals surface area contributed by atoms with Gasteiger partial charge in [-0.1, -0.05) is 19.1 Å². The van der Waals surface area contributed by atoms with E-state index in [1.54, 1.807) is 11.3 Å². The number of rotatable bonds is 7. The SMILES string of the molecule is CCC(N)C(Oc1ccc(CCO)cc1)c1ccsc1. The monoisotopic (exact) mass is 291 g/mol. The fourth-order valence-electron chi connectivity index (χ4n) is 2.06. The van der Waals surface area contributed by atoms with Crippen molar-refractivity contribution in [3.63, 3.8) is 0 Å². The standard InChI is InChI=1S/C16H21NO2S/c1-2-15(17)16(13-8-10-20-11-13)19-14-5-3-12(4-6-14)7-9-18/h3-6,8,10-11,15-16,18H,2,7,9,17H2,1H3. The first-order chi connectivity index (χ1) is 9.74. The summed E-state index contributed by atoms with van der Waals surface area (Å²) < 4.78 is 6.06. The second-order valence-corrected chi connectivity index (χ2v) is 5.56. The Morgan fingerprint density at radius 2 is 2.00 bits per heavy atom. The molecule has 0 saturated carbocycles. The molecular weight excluding hydrogens is 270 g/mol. The molecule has 20 heavy (non-hydrogen) atoms. The molecular formula is C16H21NO2S. The highest BCUT2D eigenvalue weighted by molar-refractivity contribution is 7.07. The van der Waals surface area contributed by atoms with Crippen LogP contribution in [0.2, 0.25) is 0 Å². The first-order valence-corrected chi connectivity index (χ1v) is 7.83. The lowest BCUT2D eigenvalue weighted by atomic mass is 10.0. The van der Waals surface area contributed by atoms with Crippen LogP contribution in [-0.2, 0) is 6.42 Å². The van der Waals surface area contributed by atoms with Gasteiger partial charge in [0, 0.05) is 18.2 Å². The average Bonchev–Trinajstić information content (AvgIpc) is 3.00. The van der Waals surface area contributed by atoms with Crippen LogP contribution in [0.3, 0.4) is 0 Å². The summed E-state index contributed by atoms with van der Waals surface area (Å²) in [5, 5.41) is 13.0. The zero-order valence-corrected chi connectivity index (χ0v) is 12.5. The molecule has 0 bridgehead atoms. The van der Waals surface area contributed by atoms with Gasteiger partial charge in [0.1, 0.15) is 11.9 Å². The fraction of sp³-hybridized carbons (Fsp3) is 0.375. The van der Waals surface area contributed by atoms with Gasteiger partial charge in [-0.25, -0.2) is 0 Å². The average molecular weight is 291 g/mol. The van der Waals surface area contributed by atoms with E-state index in [0.717, 1.165) is 23.3 Å². The van der Waals surface area contributed by atoms with Gasteiger partial charge < -0.3 is 15.6 Å². The molecule has 2 unspecified atom stereocenters. The summed E-state index contributed by atoms with van der Waals surface area (Å²) in [7, 11) is 0. The van der Waals surface area contributed by atoms with Gasteiger partial charge in [-0.2, -0.15) is 11.3 Å². The molecule has 3 nitrogen and oxygen atoms in total. The summed E-state index contributed by atoms with van der Waals surface area (Å²) in [4.78, 5) is 0. The van der Waals surface area contributed by atoms with Gasteiger partial charge in [-0.05, 0) is 47.4 Å². The molecule has 1 aromatic heterocycles. The topological polar surface area (TPSA) is 55.5 Å². The molecule has 0 amide bonds. The van der Waals surface area contributed by atoms with Gasteiger partial charge in [0.25, 0.3) is 0 Å². The summed E-state index contributed by atoms with van der Waals surface area (Å²) in [6, 6.07) is 9.87. The second-order valence-electron chi connectivity index (χ2n) is 4.78. The van der Waals surface area contributed by atoms with Crippen molar-refractivity contribution in [3.05, 3.63) is 52.2 Å². The molecule has 0 aliphatic heterocycles. The minimum Gasteiger partial charge on any atom is -0.484 e. The van der Waals surface area contributed by atoms with E-state index in [4.69, 9.17) is 15.6 Å². The summed E-state index contributed by atoms with van der Waals surface area (Å²) in [5.74, 6) is 0.812. The molecule has 2 rings (SSSR count).